The van der Waals surface area contributed by atoms with Crippen LogP contribution in [0.1, 0.15) is 16.7 Å². The number of benzene rings is 1. The zero-order chi connectivity index (χ0) is 9.42. The number of fused-ring (bicyclic) bond motifs is 1. The highest BCUT2D eigenvalue weighted by molar-refractivity contribution is 5.50. The first-order valence-electron chi connectivity index (χ1n) is 4.73. The monoisotopic (exact) mass is 176 g/mol. The van der Waals surface area contributed by atoms with Crippen molar-refractivity contribution in [3.05, 3.63) is 28.8 Å². The summed E-state index contributed by atoms with van der Waals surface area (Å²) in [7, 11) is 2.15. The minimum atomic E-state index is 0.895. The predicted molar refractivity (Wildman–Crippen MR) is 55.6 cm³/mol. The lowest BCUT2D eigenvalue weighted by Gasteiger charge is -2.26. The molecule has 0 radical (unpaired) electrons. The van der Waals surface area contributed by atoms with Gasteiger partial charge in [-0.3, -0.25) is 0 Å². The molecule has 1 aromatic carbocycles. The number of nitrogens with zero attached hydrogens (tertiary/aromatic N) is 1. The van der Waals surface area contributed by atoms with E-state index in [0.29, 0.717) is 0 Å². The van der Waals surface area contributed by atoms with Gasteiger partial charge >= 0.3 is 0 Å². The van der Waals surface area contributed by atoms with Crippen LogP contribution < -0.4 is 5.73 Å². The highest BCUT2D eigenvalue weighted by Crippen LogP contribution is 2.23. The zero-order valence-electron chi connectivity index (χ0n) is 8.30. The molecular weight excluding hydrogens is 160 g/mol. The quantitative estimate of drug-likeness (QED) is 0.608. The fraction of sp³-hybridized carbons (Fsp3) is 0.455. The van der Waals surface area contributed by atoms with Gasteiger partial charge in [-0.25, -0.2) is 0 Å². The smallest absolute Gasteiger partial charge is 0.0320 e. The number of anilines is 1. The van der Waals surface area contributed by atoms with Crippen LogP contribution in [0.15, 0.2) is 12.1 Å². The molecule has 2 N–H and O–H groups in total. The summed E-state index contributed by atoms with van der Waals surface area (Å²) in [6, 6.07) is 4.18. The van der Waals surface area contributed by atoms with Gasteiger partial charge in [0, 0.05) is 18.8 Å². The first-order chi connectivity index (χ1) is 6.16. The Hall–Kier alpha value is -1.02. The van der Waals surface area contributed by atoms with Gasteiger partial charge in [0.05, 0.1) is 0 Å². The van der Waals surface area contributed by atoms with E-state index in [9.17, 15) is 0 Å². The molecule has 0 aromatic heterocycles. The molecule has 0 unspecified atom stereocenters. The topological polar surface area (TPSA) is 29.3 Å². The molecule has 0 bridgehead atoms. The molecule has 1 aromatic rings. The fourth-order valence-electron chi connectivity index (χ4n) is 2.09. The second-order valence-corrected chi connectivity index (χ2v) is 3.96. The second-order valence-electron chi connectivity index (χ2n) is 3.96. The summed E-state index contributed by atoms with van der Waals surface area (Å²) in [4.78, 5) is 2.33. The van der Waals surface area contributed by atoms with Gasteiger partial charge in [-0.2, -0.15) is 0 Å². The molecule has 0 spiro atoms. The molecule has 0 saturated carbocycles. The summed E-state index contributed by atoms with van der Waals surface area (Å²) >= 11 is 0. The Balaban J connectivity index is 2.47. The lowest BCUT2D eigenvalue weighted by Crippen LogP contribution is -2.27. The van der Waals surface area contributed by atoms with Crippen LogP contribution in [0.5, 0.6) is 0 Å². The summed E-state index contributed by atoms with van der Waals surface area (Å²) in [6.45, 7) is 4.36. The third-order valence-electron chi connectivity index (χ3n) is 2.77. The maximum absolute atomic E-state index is 5.81. The average molecular weight is 176 g/mol. The zero-order valence-corrected chi connectivity index (χ0v) is 8.30. The van der Waals surface area contributed by atoms with Gasteiger partial charge in [0.25, 0.3) is 0 Å². The molecule has 2 rings (SSSR count). The molecule has 1 aliphatic rings. The van der Waals surface area contributed by atoms with Crippen molar-refractivity contribution in [2.45, 2.75) is 19.9 Å². The Labute approximate surface area is 79.4 Å². The SMILES string of the molecule is Cc1cc(N)cc2c1CCN(C)C2. The van der Waals surface area contributed by atoms with E-state index >= 15 is 0 Å². The maximum Gasteiger partial charge on any atom is 0.0320 e. The van der Waals surface area contributed by atoms with Crippen LogP contribution in [0.2, 0.25) is 0 Å². The van der Waals surface area contributed by atoms with E-state index < -0.39 is 0 Å². The summed E-state index contributed by atoms with van der Waals surface area (Å²) in [5.74, 6) is 0. The Morgan fingerprint density at radius 1 is 1.38 bits per heavy atom. The molecule has 0 aliphatic carbocycles. The molecular formula is C11H16N2. The molecule has 70 valence electrons. The lowest BCUT2D eigenvalue weighted by molar-refractivity contribution is 0.312. The third kappa shape index (κ3) is 1.54. The van der Waals surface area contributed by atoms with E-state index in [-0.39, 0.29) is 0 Å². The van der Waals surface area contributed by atoms with Crippen molar-refractivity contribution in [2.75, 3.05) is 19.3 Å². The van der Waals surface area contributed by atoms with Crippen molar-refractivity contribution < 1.29 is 0 Å². The Morgan fingerprint density at radius 2 is 2.15 bits per heavy atom. The Morgan fingerprint density at radius 3 is 2.92 bits per heavy atom. The van der Waals surface area contributed by atoms with Crippen molar-refractivity contribution in [1.29, 1.82) is 0 Å². The maximum atomic E-state index is 5.81. The van der Waals surface area contributed by atoms with Gasteiger partial charge < -0.3 is 10.6 Å². The van der Waals surface area contributed by atoms with Crippen molar-refractivity contribution in [3.8, 4) is 0 Å². The minimum Gasteiger partial charge on any atom is -0.399 e. The highest BCUT2D eigenvalue weighted by atomic mass is 15.1. The van der Waals surface area contributed by atoms with E-state index in [1.54, 1.807) is 0 Å². The standard InChI is InChI=1S/C11H16N2/c1-8-5-10(12)6-9-7-13(2)4-3-11(8)9/h5-6H,3-4,7,12H2,1-2H3. The first-order valence-corrected chi connectivity index (χ1v) is 4.73. The minimum absolute atomic E-state index is 0.895. The van der Waals surface area contributed by atoms with E-state index in [1.165, 1.54) is 16.7 Å². The van der Waals surface area contributed by atoms with Crippen LogP contribution in [0.3, 0.4) is 0 Å². The van der Waals surface area contributed by atoms with Crippen LogP contribution in [-0.4, -0.2) is 18.5 Å². The lowest BCUT2D eigenvalue weighted by atomic mass is 9.95. The van der Waals surface area contributed by atoms with Crippen LogP contribution in [0.25, 0.3) is 0 Å². The van der Waals surface area contributed by atoms with Crippen LogP contribution in [0, 0.1) is 6.92 Å². The van der Waals surface area contributed by atoms with Gasteiger partial charge in [0.2, 0.25) is 0 Å². The van der Waals surface area contributed by atoms with Crippen LogP contribution in [0.4, 0.5) is 5.69 Å². The van der Waals surface area contributed by atoms with Crippen molar-refractivity contribution in [3.63, 3.8) is 0 Å². The fourth-order valence-corrected chi connectivity index (χ4v) is 2.09. The van der Waals surface area contributed by atoms with E-state index in [0.717, 1.165) is 25.2 Å². The number of rotatable bonds is 0. The number of likely N-dealkylation sites (N-methyl/N-ethyl adjacent to an activating group) is 1. The third-order valence-corrected chi connectivity index (χ3v) is 2.77. The van der Waals surface area contributed by atoms with Gasteiger partial charge in [-0.15, -0.1) is 0 Å². The number of aryl methyl sites for hydroxylation is 1. The number of hydrogen-bond donors (Lipinski definition) is 1. The number of hydrogen-bond acceptors (Lipinski definition) is 2. The van der Waals surface area contributed by atoms with Crippen molar-refractivity contribution in [2.24, 2.45) is 0 Å². The Bertz CT molecular complexity index is 331. The molecule has 2 nitrogen and oxygen atoms in total. The number of nitrogen functional groups attached to an aromatic ring is 1. The molecule has 0 fully saturated rings. The number of nitrogens with two attached hydrogens (primary N) is 1. The van der Waals surface area contributed by atoms with Crippen molar-refractivity contribution >= 4 is 5.69 Å². The highest BCUT2D eigenvalue weighted by Gasteiger charge is 2.14. The molecule has 1 heterocycles. The van der Waals surface area contributed by atoms with E-state index in [4.69, 9.17) is 5.73 Å². The summed E-state index contributed by atoms with van der Waals surface area (Å²) in [5, 5.41) is 0. The molecule has 0 saturated heterocycles. The molecule has 0 amide bonds. The largest absolute Gasteiger partial charge is 0.399 e. The molecule has 13 heavy (non-hydrogen) atoms. The van der Waals surface area contributed by atoms with Gasteiger partial charge in [-0.1, -0.05) is 0 Å². The van der Waals surface area contributed by atoms with Crippen molar-refractivity contribution in [1.82, 2.24) is 4.90 Å². The van der Waals surface area contributed by atoms with E-state index in [1.807, 2.05) is 0 Å². The second kappa shape index (κ2) is 3.04. The van der Waals surface area contributed by atoms with Crippen LogP contribution in [-0.2, 0) is 13.0 Å². The van der Waals surface area contributed by atoms with E-state index in [2.05, 4.69) is 31.0 Å². The molecule has 0 atom stereocenters. The normalized spacial score (nSPS) is 17.1. The van der Waals surface area contributed by atoms with Gasteiger partial charge in [-0.05, 0) is 49.2 Å². The van der Waals surface area contributed by atoms with Gasteiger partial charge in [0.15, 0.2) is 0 Å². The first kappa shape index (κ1) is 8.57. The Kier molecular flexibility index (Phi) is 2.00. The summed E-state index contributed by atoms with van der Waals surface area (Å²) < 4.78 is 0. The average Bonchev–Trinajstić information content (AvgIpc) is 2.02. The van der Waals surface area contributed by atoms with Gasteiger partial charge in [0.1, 0.15) is 0 Å². The summed E-state index contributed by atoms with van der Waals surface area (Å²) in [6.07, 6.45) is 1.16. The van der Waals surface area contributed by atoms with Crippen LogP contribution >= 0.6 is 0 Å². The molecule has 1 aliphatic heterocycles. The molecule has 2 heteroatoms. The predicted octanol–water partition coefficient (Wildman–Crippen LogP) is 1.57. The summed E-state index contributed by atoms with van der Waals surface area (Å²) in [5.41, 5.74) is 11.0.